The van der Waals surface area contributed by atoms with Gasteiger partial charge in [-0.25, -0.2) is 0 Å². The van der Waals surface area contributed by atoms with Crippen LogP contribution in [0.4, 0.5) is 0 Å². The minimum atomic E-state index is 0.398. The van der Waals surface area contributed by atoms with Gasteiger partial charge in [0.25, 0.3) is 0 Å². The van der Waals surface area contributed by atoms with Gasteiger partial charge in [-0.15, -0.1) is 0 Å². The smallest absolute Gasteiger partial charge is 0.118 e. The Hall–Kier alpha value is -1.02. The molecule has 0 aliphatic carbocycles. The van der Waals surface area contributed by atoms with Crippen LogP contribution >= 0.6 is 0 Å². The maximum absolute atomic E-state index is 9.74. The summed E-state index contributed by atoms with van der Waals surface area (Å²) < 4.78 is 0. The Bertz CT molecular complexity index is 338. The predicted molar refractivity (Wildman–Crippen MR) is 78.0 cm³/mol. The standard InChI is InChI=1S/C16H27NO/c1-4-5-6-9-13(2)17-14(3)12-15-10-7-8-11-16(15)18/h7-8,10-11,13-14,17-18H,4-6,9,12H2,1-3H3. The Labute approximate surface area is 111 Å². The van der Waals surface area contributed by atoms with Crippen LogP contribution in [0.2, 0.25) is 0 Å². The topological polar surface area (TPSA) is 32.3 Å². The van der Waals surface area contributed by atoms with Crippen molar-refractivity contribution in [3.63, 3.8) is 0 Å². The summed E-state index contributed by atoms with van der Waals surface area (Å²) in [7, 11) is 0. The third-order valence-electron chi connectivity index (χ3n) is 3.33. The molecule has 0 fully saturated rings. The Morgan fingerprint density at radius 3 is 2.50 bits per heavy atom. The van der Waals surface area contributed by atoms with Crippen molar-refractivity contribution in [1.29, 1.82) is 0 Å². The van der Waals surface area contributed by atoms with E-state index in [0.29, 0.717) is 17.8 Å². The molecule has 2 heteroatoms. The molecule has 0 aliphatic heterocycles. The molecule has 0 spiro atoms. The lowest BCUT2D eigenvalue weighted by Gasteiger charge is -2.20. The lowest BCUT2D eigenvalue weighted by atomic mass is 10.0. The van der Waals surface area contributed by atoms with E-state index in [1.165, 1.54) is 25.7 Å². The number of hydrogen-bond donors (Lipinski definition) is 2. The molecular weight excluding hydrogens is 222 g/mol. The summed E-state index contributed by atoms with van der Waals surface area (Å²) in [6.07, 6.45) is 6.01. The van der Waals surface area contributed by atoms with Crippen molar-refractivity contribution in [2.75, 3.05) is 0 Å². The van der Waals surface area contributed by atoms with Crippen molar-refractivity contribution >= 4 is 0 Å². The average molecular weight is 249 g/mol. The van der Waals surface area contributed by atoms with E-state index in [2.05, 4.69) is 26.1 Å². The fraction of sp³-hybridized carbons (Fsp3) is 0.625. The van der Waals surface area contributed by atoms with E-state index in [0.717, 1.165) is 12.0 Å². The van der Waals surface area contributed by atoms with Crippen LogP contribution in [0.3, 0.4) is 0 Å². The zero-order valence-corrected chi connectivity index (χ0v) is 11.9. The second-order valence-electron chi connectivity index (χ2n) is 5.30. The number of para-hydroxylation sites is 1. The summed E-state index contributed by atoms with van der Waals surface area (Å²) in [5.41, 5.74) is 1.03. The van der Waals surface area contributed by atoms with Gasteiger partial charge in [-0.05, 0) is 38.3 Å². The first-order valence-electron chi connectivity index (χ1n) is 7.16. The highest BCUT2D eigenvalue weighted by molar-refractivity contribution is 5.32. The highest BCUT2D eigenvalue weighted by Gasteiger charge is 2.09. The van der Waals surface area contributed by atoms with Crippen molar-refractivity contribution in [2.45, 2.75) is 65.0 Å². The van der Waals surface area contributed by atoms with Crippen LogP contribution in [0, 0.1) is 0 Å². The van der Waals surface area contributed by atoms with Crippen molar-refractivity contribution in [3.05, 3.63) is 29.8 Å². The molecule has 1 rings (SSSR count). The van der Waals surface area contributed by atoms with Crippen molar-refractivity contribution < 1.29 is 5.11 Å². The SMILES string of the molecule is CCCCCC(C)NC(C)Cc1ccccc1O. The molecule has 0 radical (unpaired) electrons. The van der Waals surface area contributed by atoms with E-state index in [-0.39, 0.29) is 0 Å². The summed E-state index contributed by atoms with van der Waals surface area (Å²) in [5.74, 6) is 0.407. The normalized spacial score (nSPS) is 14.4. The van der Waals surface area contributed by atoms with Gasteiger partial charge in [0.05, 0.1) is 0 Å². The van der Waals surface area contributed by atoms with Crippen LogP contribution in [-0.4, -0.2) is 17.2 Å². The molecule has 102 valence electrons. The van der Waals surface area contributed by atoms with Crippen molar-refractivity contribution in [2.24, 2.45) is 0 Å². The third kappa shape index (κ3) is 5.54. The lowest BCUT2D eigenvalue weighted by molar-refractivity contribution is 0.420. The molecule has 0 amide bonds. The molecule has 1 aromatic rings. The van der Waals surface area contributed by atoms with E-state index in [4.69, 9.17) is 0 Å². The van der Waals surface area contributed by atoms with Gasteiger partial charge < -0.3 is 10.4 Å². The minimum absolute atomic E-state index is 0.398. The van der Waals surface area contributed by atoms with Crippen LogP contribution in [0.15, 0.2) is 24.3 Å². The number of phenolic OH excluding ortho intramolecular Hbond substituents is 1. The highest BCUT2D eigenvalue weighted by Crippen LogP contribution is 2.17. The monoisotopic (exact) mass is 249 g/mol. The quantitative estimate of drug-likeness (QED) is 0.685. The first-order chi connectivity index (χ1) is 8.63. The Balaban J connectivity index is 2.33. The Morgan fingerprint density at radius 2 is 1.83 bits per heavy atom. The molecule has 0 saturated heterocycles. The number of hydrogen-bond acceptors (Lipinski definition) is 2. The third-order valence-corrected chi connectivity index (χ3v) is 3.33. The summed E-state index contributed by atoms with van der Waals surface area (Å²) in [4.78, 5) is 0. The fourth-order valence-electron chi connectivity index (χ4n) is 2.34. The van der Waals surface area contributed by atoms with Gasteiger partial charge in [-0.3, -0.25) is 0 Å². The first-order valence-corrected chi connectivity index (χ1v) is 7.16. The minimum Gasteiger partial charge on any atom is -0.508 e. The number of benzene rings is 1. The number of phenols is 1. The number of unbranched alkanes of at least 4 members (excludes halogenated alkanes) is 2. The first kappa shape index (κ1) is 15.0. The highest BCUT2D eigenvalue weighted by atomic mass is 16.3. The van der Waals surface area contributed by atoms with Gasteiger partial charge in [-0.2, -0.15) is 0 Å². The van der Waals surface area contributed by atoms with Crippen LogP contribution in [0.5, 0.6) is 5.75 Å². The molecule has 2 nitrogen and oxygen atoms in total. The molecule has 2 N–H and O–H groups in total. The molecule has 2 atom stereocenters. The lowest BCUT2D eigenvalue weighted by Crippen LogP contribution is -2.35. The second kappa shape index (κ2) is 8.15. The molecule has 2 unspecified atom stereocenters. The zero-order chi connectivity index (χ0) is 13.4. The largest absolute Gasteiger partial charge is 0.508 e. The molecular formula is C16H27NO. The predicted octanol–water partition coefficient (Wildman–Crippen LogP) is 3.88. The van der Waals surface area contributed by atoms with Crippen LogP contribution in [-0.2, 0) is 6.42 Å². The van der Waals surface area contributed by atoms with Gasteiger partial charge in [0.15, 0.2) is 0 Å². The van der Waals surface area contributed by atoms with Crippen LogP contribution < -0.4 is 5.32 Å². The van der Waals surface area contributed by atoms with Gasteiger partial charge >= 0.3 is 0 Å². The van der Waals surface area contributed by atoms with Gasteiger partial charge in [0, 0.05) is 12.1 Å². The number of aromatic hydroxyl groups is 1. The summed E-state index contributed by atoms with van der Waals surface area (Å²) in [6, 6.07) is 8.55. The van der Waals surface area contributed by atoms with Crippen LogP contribution in [0.1, 0.15) is 52.0 Å². The van der Waals surface area contributed by atoms with Crippen LogP contribution in [0.25, 0.3) is 0 Å². The second-order valence-corrected chi connectivity index (χ2v) is 5.30. The van der Waals surface area contributed by atoms with Crippen molar-refractivity contribution in [3.8, 4) is 5.75 Å². The average Bonchev–Trinajstić information content (AvgIpc) is 2.32. The maximum atomic E-state index is 9.74. The van der Waals surface area contributed by atoms with E-state index in [1.54, 1.807) is 6.07 Å². The van der Waals surface area contributed by atoms with E-state index in [1.807, 2.05) is 18.2 Å². The Morgan fingerprint density at radius 1 is 1.11 bits per heavy atom. The number of rotatable bonds is 8. The maximum Gasteiger partial charge on any atom is 0.118 e. The molecule has 0 saturated carbocycles. The molecule has 1 aromatic carbocycles. The molecule has 0 aromatic heterocycles. The van der Waals surface area contributed by atoms with E-state index < -0.39 is 0 Å². The van der Waals surface area contributed by atoms with Crippen molar-refractivity contribution in [1.82, 2.24) is 5.32 Å². The molecule has 0 bridgehead atoms. The summed E-state index contributed by atoms with van der Waals surface area (Å²) in [6.45, 7) is 6.67. The van der Waals surface area contributed by atoms with E-state index in [9.17, 15) is 5.11 Å². The number of nitrogens with one attached hydrogen (secondary N) is 1. The van der Waals surface area contributed by atoms with Gasteiger partial charge in [0.2, 0.25) is 0 Å². The molecule has 18 heavy (non-hydrogen) atoms. The Kier molecular flexibility index (Phi) is 6.81. The van der Waals surface area contributed by atoms with Gasteiger partial charge in [-0.1, -0.05) is 44.4 Å². The summed E-state index contributed by atoms with van der Waals surface area (Å²) >= 11 is 0. The molecule has 0 heterocycles. The van der Waals surface area contributed by atoms with Gasteiger partial charge in [0.1, 0.15) is 5.75 Å². The van der Waals surface area contributed by atoms with E-state index >= 15 is 0 Å². The zero-order valence-electron chi connectivity index (χ0n) is 11.9. The molecule has 0 aliphatic rings. The summed E-state index contributed by atoms with van der Waals surface area (Å²) in [5, 5.41) is 13.3. The fourth-order valence-corrected chi connectivity index (χ4v) is 2.34.